The number of amides is 1. The number of nitrogens with one attached hydrogen (secondary N) is 1. The summed E-state index contributed by atoms with van der Waals surface area (Å²) in [6, 6.07) is 6.50. The van der Waals surface area contributed by atoms with Crippen molar-refractivity contribution >= 4 is 17.7 Å². The number of rotatable bonds is 6. The molecule has 1 N–H and O–H groups in total. The number of carbonyl (C=O) groups excluding carboxylic acids is 1. The molecule has 116 valence electrons. The van der Waals surface area contributed by atoms with Crippen LogP contribution in [0.3, 0.4) is 0 Å². The molecule has 2 rings (SSSR count). The van der Waals surface area contributed by atoms with E-state index in [-0.39, 0.29) is 30.0 Å². The van der Waals surface area contributed by atoms with Crippen LogP contribution >= 0.6 is 11.8 Å². The van der Waals surface area contributed by atoms with Crippen LogP contribution in [0.25, 0.3) is 0 Å². The SMILES string of the molecule is CCSCCC(C)N1C(=O)C(C)NC1c1ccccc1F. The molecule has 21 heavy (non-hydrogen) atoms. The van der Waals surface area contributed by atoms with Crippen molar-refractivity contribution in [2.75, 3.05) is 11.5 Å². The molecule has 1 fully saturated rings. The van der Waals surface area contributed by atoms with E-state index in [0.29, 0.717) is 5.56 Å². The fourth-order valence-corrected chi connectivity index (χ4v) is 3.48. The molecule has 1 aromatic carbocycles. The summed E-state index contributed by atoms with van der Waals surface area (Å²) in [7, 11) is 0. The maximum Gasteiger partial charge on any atom is 0.241 e. The van der Waals surface area contributed by atoms with E-state index in [4.69, 9.17) is 0 Å². The van der Waals surface area contributed by atoms with Crippen molar-refractivity contribution in [1.29, 1.82) is 0 Å². The van der Waals surface area contributed by atoms with Crippen molar-refractivity contribution in [3.05, 3.63) is 35.6 Å². The van der Waals surface area contributed by atoms with Crippen molar-refractivity contribution in [2.45, 2.75) is 45.4 Å². The fraction of sp³-hybridized carbons (Fsp3) is 0.562. The van der Waals surface area contributed by atoms with Gasteiger partial charge >= 0.3 is 0 Å². The van der Waals surface area contributed by atoms with Gasteiger partial charge in [-0.15, -0.1) is 0 Å². The first-order valence-electron chi connectivity index (χ1n) is 7.46. The Kier molecular flexibility index (Phi) is 5.65. The second-order valence-electron chi connectivity index (χ2n) is 5.39. The van der Waals surface area contributed by atoms with Crippen molar-refractivity contribution in [3.8, 4) is 0 Å². The second-order valence-corrected chi connectivity index (χ2v) is 6.79. The van der Waals surface area contributed by atoms with Gasteiger partial charge in [-0.3, -0.25) is 10.1 Å². The predicted molar refractivity (Wildman–Crippen MR) is 85.7 cm³/mol. The lowest BCUT2D eigenvalue weighted by Gasteiger charge is -2.31. The van der Waals surface area contributed by atoms with E-state index >= 15 is 0 Å². The van der Waals surface area contributed by atoms with E-state index in [1.54, 1.807) is 17.0 Å². The summed E-state index contributed by atoms with van der Waals surface area (Å²) < 4.78 is 14.1. The van der Waals surface area contributed by atoms with Crippen molar-refractivity contribution in [3.63, 3.8) is 0 Å². The van der Waals surface area contributed by atoms with E-state index in [9.17, 15) is 9.18 Å². The third kappa shape index (κ3) is 3.58. The number of benzene rings is 1. The monoisotopic (exact) mass is 310 g/mol. The number of nitrogens with zero attached hydrogens (tertiary/aromatic N) is 1. The van der Waals surface area contributed by atoms with Crippen LogP contribution < -0.4 is 5.32 Å². The third-order valence-electron chi connectivity index (χ3n) is 3.87. The molecule has 3 nitrogen and oxygen atoms in total. The number of hydrogen-bond donors (Lipinski definition) is 1. The largest absolute Gasteiger partial charge is 0.319 e. The summed E-state index contributed by atoms with van der Waals surface area (Å²) in [4.78, 5) is 14.2. The van der Waals surface area contributed by atoms with Crippen LogP contribution in [0.4, 0.5) is 4.39 Å². The Bertz CT molecular complexity index is 497. The number of hydrogen-bond acceptors (Lipinski definition) is 3. The lowest BCUT2D eigenvalue weighted by molar-refractivity contribution is -0.131. The Morgan fingerprint density at radius 2 is 2.14 bits per heavy atom. The fourth-order valence-electron chi connectivity index (χ4n) is 2.68. The Labute approximate surface area is 130 Å². The van der Waals surface area contributed by atoms with E-state index in [0.717, 1.165) is 17.9 Å². The van der Waals surface area contributed by atoms with Gasteiger partial charge in [-0.05, 0) is 37.8 Å². The third-order valence-corrected chi connectivity index (χ3v) is 4.80. The highest BCUT2D eigenvalue weighted by molar-refractivity contribution is 7.99. The predicted octanol–water partition coefficient (Wildman–Crippen LogP) is 3.18. The Morgan fingerprint density at radius 3 is 2.81 bits per heavy atom. The summed E-state index contributed by atoms with van der Waals surface area (Å²) in [5.41, 5.74) is 0.546. The van der Waals surface area contributed by atoms with Crippen LogP contribution in [0.15, 0.2) is 24.3 Å². The van der Waals surface area contributed by atoms with Gasteiger partial charge in [0.05, 0.1) is 6.04 Å². The molecule has 0 saturated carbocycles. The van der Waals surface area contributed by atoms with Crippen molar-refractivity contribution < 1.29 is 9.18 Å². The van der Waals surface area contributed by atoms with Gasteiger partial charge in [0.25, 0.3) is 0 Å². The molecule has 1 aromatic rings. The molecular formula is C16H23FN2OS. The number of thioether (sulfide) groups is 1. The van der Waals surface area contributed by atoms with E-state index in [2.05, 4.69) is 12.2 Å². The molecule has 3 atom stereocenters. The first kappa shape index (κ1) is 16.3. The molecule has 5 heteroatoms. The summed E-state index contributed by atoms with van der Waals surface area (Å²) >= 11 is 1.86. The maximum absolute atomic E-state index is 14.1. The first-order chi connectivity index (χ1) is 10.1. The zero-order valence-electron chi connectivity index (χ0n) is 12.8. The van der Waals surface area contributed by atoms with E-state index in [1.165, 1.54) is 6.07 Å². The van der Waals surface area contributed by atoms with Crippen LogP contribution in [0.5, 0.6) is 0 Å². The number of carbonyl (C=O) groups is 1. The molecule has 1 aliphatic heterocycles. The summed E-state index contributed by atoms with van der Waals surface area (Å²) in [5, 5.41) is 3.21. The van der Waals surface area contributed by atoms with Crippen LogP contribution in [0.1, 0.15) is 38.9 Å². The quantitative estimate of drug-likeness (QED) is 0.819. The van der Waals surface area contributed by atoms with Gasteiger partial charge in [-0.2, -0.15) is 11.8 Å². The molecule has 0 aromatic heterocycles. The molecule has 1 heterocycles. The molecule has 0 bridgehead atoms. The van der Waals surface area contributed by atoms with E-state index in [1.807, 2.05) is 31.7 Å². The van der Waals surface area contributed by atoms with Gasteiger partial charge < -0.3 is 4.90 Å². The van der Waals surface area contributed by atoms with Gasteiger partial charge in [-0.25, -0.2) is 4.39 Å². The normalized spacial score (nSPS) is 23.6. The molecule has 1 saturated heterocycles. The van der Waals surface area contributed by atoms with Crippen molar-refractivity contribution in [1.82, 2.24) is 10.2 Å². The molecule has 1 aliphatic rings. The van der Waals surface area contributed by atoms with Gasteiger partial charge in [-0.1, -0.05) is 25.1 Å². The average Bonchev–Trinajstić information content (AvgIpc) is 2.75. The van der Waals surface area contributed by atoms with Crippen LogP contribution in [-0.2, 0) is 4.79 Å². The number of halogens is 1. The second kappa shape index (κ2) is 7.27. The zero-order valence-corrected chi connectivity index (χ0v) is 13.6. The average molecular weight is 310 g/mol. The van der Waals surface area contributed by atoms with E-state index < -0.39 is 0 Å². The topological polar surface area (TPSA) is 32.3 Å². The highest BCUT2D eigenvalue weighted by atomic mass is 32.2. The van der Waals surface area contributed by atoms with Gasteiger partial charge in [0, 0.05) is 11.6 Å². The van der Waals surface area contributed by atoms with Gasteiger partial charge in [0.15, 0.2) is 0 Å². The first-order valence-corrected chi connectivity index (χ1v) is 8.62. The van der Waals surface area contributed by atoms with Crippen LogP contribution in [0.2, 0.25) is 0 Å². The lowest BCUT2D eigenvalue weighted by atomic mass is 10.1. The summed E-state index contributed by atoms with van der Waals surface area (Å²) in [5.74, 6) is 1.88. The Hall–Kier alpha value is -1.07. The Morgan fingerprint density at radius 1 is 1.43 bits per heavy atom. The smallest absolute Gasteiger partial charge is 0.241 e. The molecule has 3 unspecified atom stereocenters. The molecular weight excluding hydrogens is 287 g/mol. The molecule has 0 radical (unpaired) electrons. The van der Waals surface area contributed by atoms with Crippen LogP contribution in [0, 0.1) is 5.82 Å². The lowest BCUT2D eigenvalue weighted by Crippen LogP contribution is -2.39. The highest BCUT2D eigenvalue weighted by Gasteiger charge is 2.40. The highest BCUT2D eigenvalue weighted by Crippen LogP contribution is 2.30. The minimum atomic E-state index is -0.365. The van der Waals surface area contributed by atoms with Gasteiger partial charge in [0.2, 0.25) is 5.91 Å². The minimum Gasteiger partial charge on any atom is -0.319 e. The van der Waals surface area contributed by atoms with Crippen LogP contribution in [-0.4, -0.2) is 34.4 Å². The standard InChI is InChI=1S/C16H23FN2OS/c1-4-21-10-9-11(2)19-15(18-12(3)16(19)20)13-7-5-6-8-14(13)17/h5-8,11-12,15,18H,4,9-10H2,1-3H3. The molecule has 1 amide bonds. The Balaban J connectivity index is 2.19. The minimum absolute atomic E-state index is 0.0530. The molecule has 0 aliphatic carbocycles. The van der Waals surface area contributed by atoms with Gasteiger partial charge in [0.1, 0.15) is 12.0 Å². The summed E-state index contributed by atoms with van der Waals surface area (Å²) in [6.45, 7) is 6.01. The summed E-state index contributed by atoms with van der Waals surface area (Å²) in [6.07, 6.45) is 0.555. The van der Waals surface area contributed by atoms with Crippen molar-refractivity contribution in [2.24, 2.45) is 0 Å². The zero-order chi connectivity index (χ0) is 15.4. The molecule has 0 spiro atoms. The maximum atomic E-state index is 14.1.